The highest BCUT2D eigenvalue weighted by Crippen LogP contribution is 2.33. The van der Waals surface area contributed by atoms with Crippen molar-refractivity contribution in [1.82, 2.24) is 0 Å². The monoisotopic (exact) mass is 300 g/mol. The van der Waals surface area contributed by atoms with Gasteiger partial charge in [0.05, 0.1) is 11.5 Å². The van der Waals surface area contributed by atoms with Gasteiger partial charge in [-0.1, -0.05) is 32.1 Å². The predicted octanol–water partition coefficient (Wildman–Crippen LogP) is 5.00. The van der Waals surface area contributed by atoms with Crippen molar-refractivity contribution in [2.24, 2.45) is 5.92 Å². The molecule has 2 nitrogen and oxygen atoms in total. The molecule has 5 heteroatoms. The summed E-state index contributed by atoms with van der Waals surface area (Å²) in [5.74, 6) is -1.19. The van der Waals surface area contributed by atoms with Gasteiger partial charge in [-0.2, -0.15) is 13.2 Å². The largest absolute Gasteiger partial charge is 0.481 e. The van der Waals surface area contributed by atoms with Crippen molar-refractivity contribution in [2.75, 3.05) is 0 Å². The summed E-state index contributed by atoms with van der Waals surface area (Å²) in [5.41, 5.74) is 0.985. The van der Waals surface area contributed by atoms with Gasteiger partial charge in [0.1, 0.15) is 0 Å². The standard InChI is InChI=1S/C14H13F3O2.C2H6/c15-14(16,17)12-7-5-10(6-8-12)9-1-3-11(4-2-9)13(18)19;1-2/h1,5-8,11H,2-4H2,(H,18,19);1-2H3. The van der Waals surface area contributed by atoms with Crippen molar-refractivity contribution in [3.05, 3.63) is 41.5 Å². The van der Waals surface area contributed by atoms with Crippen molar-refractivity contribution in [3.8, 4) is 0 Å². The first-order valence-electron chi connectivity index (χ1n) is 6.97. The Bertz CT molecular complexity index is 501. The minimum absolute atomic E-state index is 0.377. The molecule has 0 fully saturated rings. The molecule has 1 atom stereocenters. The Hall–Kier alpha value is -1.78. The second kappa shape index (κ2) is 7.29. The molecular formula is C16H19F3O2. The van der Waals surface area contributed by atoms with Crippen LogP contribution in [0, 0.1) is 5.92 Å². The van der Waals surface area contributed by atoms with E-state index in [4.69, 9.17) is 5.11 Å². The number of hydrogen-bond donors (Lipinski definition) is 1. The molecule has 1 aliphatic rings. The van der Waals surface area contributed by atoms with E-state index in [0.29, 0.717) is 19.3 Å². The summed E-state index contributed by atoms with van der Waals surface area (Å²) in [7, 11) is 0. The Kier molecular flexibility index (Phi) is 6.00. The van der Waals surface area contributed by atoms with Gasteiger partial charge in [-0.05, 0) is 42.5 Å². The molecule has 1 unspecified atom stereocenters. The van der Waals surface area contributed by atoms with E-state index in [-0.39, 0.29) is 5.92 Å². The minimum atomic E-state index is -4.33. The number of allylic oxidation sites excluding steroid dienone is 2. The predicted molar refractivity (Wildman–Crippen MR) is 75.7 cm³/mol. The summed E-state index contributed by atoms with van der Waals surface area (Å²) in [6.07, 6.45) is -0.963. The van der Waals surface area contributed by atoms with Crippen molar-refractivity contribution in [2.45, 2.75) is 39.3 Å². The van der Waals surface area contributed by atoms with Crippen LogP contribution in [0.5, 0.6) is 0 Å². The van der Waals surface area contributed by atoms with E-state index < -0.39 is 17.7 Å². The molecule has 0 aromatic heterocycles. The maximum absolute atomic E-state index is 12.4. The molecule has 0 bridgehead atoms. The lowest BCUT2D eigenvalue weighted by molar-refractivity contribution is -0.142. The first-order valence-corrected chi connectivity index (χ1v) is 6.97. The van der Waals surface area contributed by atoms with E-state index in [0.717, 1.165) is 23.3 Å². The Balaban J connectivity index is 0.00000106. The third-order valence-corrected chi connectivity index (χ3v) is 3.34. The molecule has 1 N–H and O–H groups in total. The number of alkyl halides is 3. The lowest BCUT2D eigenvalue weighted by Crippen LogP contribution is -2.15. The number of carbonyl (C=O) groups is 1. The van der Waals surface area contributed by atoms with E-state index in [1.807, 2.05) is 19.9 Å². The van der Waals surface area contributed by atoms with Crippen LogP contribution < -0.4 is 0 Å². The summed E-state index contributed by atoms with van der Waals surface area (Å²) in [4.78, 5) is 10.8. The first-order chi connectivity index (χ1) is 9.88. The Morgan fingerprint density at radius 2 is 1.76 bits per heavy atom. The number of rotatable bonds is 2. The molecule has 1 aliphatic carbocycles. The Morgan fingerprint density at radius 3 is 2.14 bits per heavy atom. The molecule has 0 spiro atoms. The number of hydrogen-bond acceptors (Lipinski definition) is 1. The zero-order valence-electron chi connectivity index (χ0n) is 12.1. The molecule has 0 heterocycles. The highest BCUT2D eigenvalue weighted by Gasteiger charge is 2.30. The maximum Gasteiger partial charge on any atom is 0.416 e. The van der Waals surface area contributed by atoms with Crippen LogP contribution in [-0.4, -0.2) is 11.1 Å². The lowest BCUT2D eigenvalue weighted by Gasteiger charge is -2.19. The van der Waals surface area contributed by atoms with Crippen LogP contribution in [0.25, 0.3) is 5.57 Å². The number of benzene rings is 1. The molecule has 21 heavy (non-hydrogen) atoms. The van der Waals surface area contributed by atoms with Gasteiger partial charge < -0.3 is 5.11 Å². The van der Waals surface area contributed by atoms with E-state index in [9.17, 15) is 18.0 Å². The summed E-state index contributed by atoms with van der Waals surface area (Å²) < 4.78 is 37.3. The van der Waals surface area contributed by atoms with Crippen LogP contribution in [0.4, 0.5) is 13.2 Å². The molecule has 1 aromatic carbocycles. The Labute approximate surface area is 122 Å². The maximum atomic E-state index is 12.4. The molecule has 2 rings (SSSR count). The number of aliphatic carboxylic acids is 1. The highest BCUT2D eigenvalue weighted by molar-refractivity contribution is 5.74. The SMILES string of the molecule is CC.O=C(O)C1CC=C(c2ccc(C(F)(F)F)cc2)CC1. The van der Waals surface area contributed by atoms with Gasteiger partial charge in [-0.25, -0.2) is 0 Å². The van der Waals surface area contributed by atoms with Crippen molar-refractivity contribution < 1.29 is 23.1 Å². The molecule has 116 valence electrons. The molecule has 0 radical (unpaired) electrons. The molecule has 0 saturated carbocycles. The fraction of sp³-hybridized carbons (Fsp3) is 0.438. The average molecular weight is 300 g/mol. The van der Waals surface area contributed by atoms with Crippen LogP contribution in [-0.2, 0) is 11.0 Å². The first kappa shape index (κ1) is 17.3. The highest BCUT2D eigenvalue weighted by atomic mass is 19.4. The van der Waals surface area contributed by atoms with Crippen LogP contribution in [0.2, 0.25) is 0 Å². The van der Waals surface area contributed by atoms with Gasteiger partial charge in [-0.3, -0.25) is 4.79 Å². The molecule has 1 aromatic rings. The van der Waals surface area contributed by atoms with Crippen molar-refractivity contribution >= 4 is 11.5 Å². The summed E-state index contributed by atoms with van der Waals surface area (Å²) in [6.45, 7) is 4.00. The van der Waals surface area contributed by atoms with Gasteiger partial charge in [-0.15, -0.1) is 0 Å². The zero-order chi connectivity index (χ0) is 16.0. The average Bonchev–Trinajstić information content (AvgIpc) is 2.49. The summed E-state index contributed by atoms with van der Waals surface area (Å²) in [5, 5.41) is 8.87. The minimum Gasteiger partial charge on any atom is -0.481 e. The van der Waals surface area contributed by atoms with E-state index in [2.05, 4.69) is 0 Å². The van der Waals surface area contributed by atoms with Crippen LogP contribution in [0.1, 0.15) is 44.2 Å². The van der Waals surface area contributed by atoms with Gasteiger partial charge >= 0.3 is 12.1 Å². The summed E-state index contributed by atoms with van der Waals surface area (Å²) >= 11 is 0. The van der Waals surface area contributed by atoms with Crippen molar-refractivity contribution in [3.63, 3.8) is 0 Å². The number of carboxylic acid groups (broad SMARTS) is 1. The number of carboxylic acids is 1. The second-order valence-corrected chi connectivity index (χ2v) is 4.61. The van der Waals surface area contributed by atoms with Crippen LogP contribution >= 0.6 is 0 Å². The second-order valence-electron chi connectivity index (χ2n) is 4.61. The molecule has 0 amide bonds. The molecule has 0 saturated heterocycles. The smallest absolute Gasteiger partial charge is 0.416 e. The third-order valence-electron chi connectivity index (χ3n) is 3.34. The van der Waals surface area contributed by atoms with Gasteiger partial charge in [0, 0.05) is 0 Å². The normalized spacial score (nSPS) is 18.3. The molecular weight excluding hydrogens is 281 g/mol. The lowest BCUT2D eigenvalue weighted by atomic mass is 9.86. The third kappa shape index (κ3) is 4.62. The quantitative estimate of drug-likeness (QED) is 0.834. The van der Waals surface area contributed by atoms with E-state index in [1.165, 1.54) is 12.1 Å². The van der Waals surface area contributed by atoms with Gasteiger partial charge in [0.2, 0.25) is 0 Å². The zero-order valence-corrected chi connectivity index (χ0v) is 12.1. The van der Waals surface area contributed by atoms with Gasteiger partial charge in [0.15, 0.2) is 0 Å². The molecule has 0 aliphatic heterocycles. The van der Waals surface area contributed by atoms with Crippen LogP contribution in [0.3, 0.4) is 0 Å². The fourth-order valence-corrected chi connectivity index (χ4v) is 2.19. The number of halogens is 3. The topological polar surface area (TPSA) is 37.3 Å². The fourth-order valence-electron chi connectivity index (χ4n) is 2.19. The Morgan fingerprint density at radius 1 is 1.19 bits per heavy atom. The summed E-state index contributed by atoms with van der Waals surface area (Å²) in [6, 6.07) is 4.99. The van der Waals surface area contributed by atoms with E-state index >= 15 is 0 Å². The van der Waals surface area contributed by atoms with Crippen molar-refractivity contribution in [1.29, 1.82) is 0 Å². The van der Waals surface area contributed by atoms with E-state index in [1.54, 1.807) is 0 Å². The van der Waals surface area contributed by atoms with Crippen LogP contribution in [0.15, 0.2) is 30.3 Å². The van der Waals surface area contributed by atoms with Gasteiger partial charge in [0.25, 0.3) is 0 Å².